The van der Waals surface area contributed by atoms with Crippen LogP contribution in [0.3, 0.4) is 0 Å². The normalized spacial score (nSPS) is 19.7. The van der Waals surface area contributed by atoms with Gasteiger partial charge in [0.2, 0.25) is 5.91 Å². The number of anilines is 1. The molecule has 1 N–H and O–H groups in total. The number of rotatable bonds is 9. The van der Waals surface area contributed by atoms with Crippen LogP contribution < -0.4 is 11.0 Å². The van der Waals surface area contributed by atoms with Crippen molar-refractivity contribution in [1.82, 2.24) is 9.55 Å². The summed E-state index contributed by atoms with van der Waals surface area (Å²) >= 11 is 0. The maximum Gasteiger partial charge on any atom is 0.351 e. The lowest BCUT2D eigenvalue weighted by atomic mass is 9.93. The number of nitrogens with one attached hydrogen (secondary N) is 1. The van der Waals surface area contributed by atoms with Crippen molar-refractivity contribution in [3.63, 3.8) is 0 Å². The molecule has 0 spiro atoms. The Bertz CT molecular complexity index is 1990. The number of hydrogen-bond donors (Lipinski definition) is 1. The van der Waals surface area contributed by atoms with Crippen molar-refractivity contribution in [2.75, 3.05) is 11.9 Å². The predicted molar refractivity (Wildman–Crippen MR) is 185 cm³/mol. The average molecular weight is 694 g/mol. The van der Waals surface area contributed by atoms with Gasteiger partial charge in [0.25, 0.3) is 5.60 Å². The lowest BCUT2D eigenvalue weighted by Crippen LogP contribution is -2.53. The number of amides is 1. The number of nitrogens with zero attached hydrogens (tertiary/aromatic N) is 2. The Labute approximate surface area is 289 Å². The Morgan fingerprint density at radius 3 is 1.90 bits per heavy atom. The van der Waals surface area contributed by atoms with Crippen LogP contribution in [0.4, 0.5) is 5.82 Å². The first-order valence-electron chi connectivity index (χ1n) is 15.7. The predicted octanol–water partition coefficient (Wildman–Crippen LogP) is 4.66. The van der Waals surface area contributed by atoms with Gasteiger partial charge < -0.3 is 24.3 Å². The summed E-state index contributed by atoms with van der Waals surface area (Å²) in [6.45, 7) is 6.65. The van der Waals surface area contributed by atoms with Crippen LogP contribution in [0, 0.1) is 11.5 Å². The van der Waals surface area contributed by atoms with E-state index < -0.39 is 68.2 Å². The molecule has 0 aliphatic carbocycles. The van der Waals surface area contributed by atoms with Gasteiger partial charge in [-0.1, -0.05) is 80.2 Å². The monoisotopic (exact) mass is 693 g/mol. The molecule has 1 aliphatic heterocycles. The van der Waals surface area contributed by atoms with E-state index in [0.717, 1.165) is 4.57 Å². The Hall–Kier alpha value is -5.84. The van der Waals surface area contributed by atoms with Crippen LogP contribution >= 0.6 is 0 Å². The summed E-state index contributed by atoms with van der Waals surface area (Å²) in [7, 11) is -2.29. The molecular formula is C37H35N3O9Si. The van der Waals surface area contributed by atoms with Gasteiger partial charge in [-0.3, -0.25) is 9.36 Å². The molecule has 1 aromatic heterocycles. The van der Waals surface area contributed by atoms with Gasteiger partial charge in [0.1, 0.15) is 26.6 Å². The fourth-order valence-electron chi connectivity index (χ4n) is 5.07. The van der Waals surface area contributed by atoms with Crippen molar-refractivity contribution in [2.45, 2.75) is 50.6 Å². The summed E-state index contributed by atoms with van der Waals surface area (Å²) in [5.74, 6) is 0.261. The van der Waals surface area contributed by atoms with E-state index >= 15 is 0 Å². The van der Waals surface area contributed by atoms with Gasteiger partial charge in [-0.05, 0) is 42.5 Å². The Kier molecular flexibility index (Phi) is 10.7. The largest absolute Gasteiger partial charge is 0.459 e. The van der Waals surface area contributed by atoms with Gasteiger partial charge in [-0.25, -0.2) is 19.2 Å². The van der Waals surface area contributed by atoms with Crippen molar-refractivity contribution < 1.29 is 38.1 Å². The fourth-order valence-corrected chi connectivity index (χ4v) is 5.64. The van der Waals surface area contributed by atoms with Gasteiger partial charge in [-0.2, -0.15) is 4.98 Å². The van der Waals surface area contributed by atoms with Crippen LogP contribution in [-0.2, 0) is 23.7 Å². The molecule has 0 radical (unpaired) electrons. The molecule has 5 rings (SSSR count). The highest BCUT2D eigenvalue weighted by atomic mass is 28.3. The number of hydrogen-bond acceptors (Lipinski definition) is 10. The molecule has 4 aromatic rings. The molecule has 1 saturated heterocycles. The van der Waals surface area contributed by atoms with Gasteiger partial charge >= 0.3 is 23.6 Å². The first kappa shape index (κ1) is 35.5. The Morgan fingerprint density at radius 1 is 0.840 bits per heavy atom. The molecule has 0 saturated carbocycles. The van der Waals surface area contributed by atoms with E-state index in [1.165, 1.54) is 31.3 Å². The molecule has 50 heavy (non-hydrogen) atoms. The van der Waals surface area contributed by atoms with Crippen molar-refractivity contribution in [1.29, 1.82) is 0 Å². The zero-order valence-electron chi connectivity index (χ0n) is 27.8. The van der Waals surface area contributed by atoms with E-state index in [0.29, 0.717) is 0 Å². The summed E-state index contributed by atoms with van der Waals surface area (Å²) < 4.78 is 25.5. The third-order valence-electron chi connectivity index (χ3n) is 7.35. The quantitative estimate of drug-likeness (QED) is 0.113. The smallest absolute Gasteiger partial charge is 0.351 e. The number of esters is 3. The molecule has 0 bridgehead atoms. The molecule has 1 aliphatic rings. The molecule has 2 heterocycles. The number of carbonyl (C=O) groups is 4. The second-order valence-electron chi connectivity index (χ2n) is 12.4. The van der Waals surface area contributed by atoms with Gasteiger partial charge in [0.05, 0.1) is 16.7 Å². The number of benzene rings is 3. The highest BCUT2D eigenvalue weighted by Gasteiger charge is 2.63. The molecule has 256 valence electrons. The molecule has 1 amide bonds. The third-order valence-corrected chi connectivity index (χ3v) is 8.23. The summed E-state index contributed by atoms with van der Waals surface area (Å²) in [6.07, 6.45) is -3.12. The second kappa shape index (κ2) is 15.1. The van der Waals surface area contributed by atoms with E-state index in [1.54, 1.807) is 78.9 Å². The van der Waals surface area contributed by atoms with Gasteiger partial charge in [0.15, 0.2) is 12.3 Å². The molecular weight excluding hydrogens is 659 g/mol. The Balaban J connectivity index is 1.69. The summed E-state index contributed by atoms with van der Waals surface area (Å²) in [5.41, 5.74) is 0.724. The maximum atomic E-state index is 13.9. The van der Waals surface area contributed by atoms with Crippen LogP contribution in [0.25, 0.3) is 0 Å². The second-order valence-corrected chi connectivity index (χ2v) is 17.2. The summed E-state index contributed by atoms with van der Waals surface area (Å²) in [4.78, 5) is 70.0. The first-order chi connectivity index (χ1) is 23.9. The van der Waals surface area contributed by atoms with Crippen molar-refractivity contribution in [3.8, 4) is 11.5 Å². The van der Waals surface area contributed by atoms with E-state index in [1.807, 2.05) is 19.6 Å². The minimum Gasteiger partial charge on any atom is -0.459 e. The topological polar surface area (TPSA) is 152 Å². The molecule has 4 atom stereocenters. The Morgan fingerprint density at radius 2 is 1.38 bits per heavy atom. The van der Waals surface area contributed by atoms with E-state index in [2.05, 4.69) is 21.8 Å². The lowest BCUT2D eigenvalue weighted by molar-refractivity contribution is -0.114. The number of aromatic nitrogens is 2. The summed E-state index contributed by atoms with van der Waals surface area (Å²) in [5, 5.41) is 2.45. The molecule has 3 aromatic carbocycles. The minimum absolute atomic E-state index is 0.0304. The van der Waals surface area contributed by atoms with Crippen LogP contribution in [0.2, 0.25) is 19.6 Å². The van der Waals surface area contributed by atoms with Gasteiger partial charge in [-0.15, -0.1) is 5.54 Å². The molecule has 0 unspecified atom stereocenters. The van der Waals surface area contributed by atoms with Crippen molar-refractivity contribution in [3.05, 3.63) is 130 Å². The van der Waals surface area contributed by atoms with Gasteiger partial charge in [0, 0.05) is 13.1 Å². The number of ether oxygens (including phenoxy) is 4. The highest BCUT2D eigenvalue weighted by molar-refractivity contribution is 6.83. The summed E-state index contributed by atoms with van der Waals surface area (Å²) in [6, 6.07) is 25.8. The first-order valence-corrected chi connectivity index (χ1v) is 19.2. The zero-order chi connectivity index (χ0) is 35.9. The maximum absolute atomic E-state index is 13.9. The van der Waals surface area contributed by atoms with Crippen LogP contribution in [0.5, 0.6) is 0 Å². The SMILES string of the molecule is CC(=O)Nc1ccn([C@@H]2O[C@H](COC(=O)c3ccccc3)[C@@H](OC(=O)c3ccccc3)[C@@]2(C#C[Si](C)(C)C)OC(=O)c2ccccc2)c(=O)n1. The standard InChI is InChI=1S/C37H35N3O9Si/c1-25(41)38-30-20-22-40(36(45)39-30)35-37(21-23-50(2,3)4,49-34(44)28-18-12-7-13-19-28)31(48-33(43)27-16-10-6-11-17-27)29(47-35)24-46-32(42)26-14-8-5-9-15-26/h5-20,22,29,31,35H,24H2,1-4H3,(H,38,39,41,45)/t29-,31-,35-,37-/m1/s1. The average Bonchev–Trinajstić information content (AvgIpc) is 3.38. The van der Waals surface area contributed by atoms with Crippen LogP contribution in [-0.4, -0.2) is 65.9 Å². The van der Waals surface area contributed by atoms with Crippen molar-refractivity contribution in [2.24, 2.45) is 0 Å². The minimum atomic E-state index is -2.29. The van der Waals surface area contributed by atoms with Crippen LogP contribution in [0.15, 0.2) is 108 Å². The van der Waals surface area contributed by atoms with E-state index in [4.69, 9.17) is 18.9 Å². The highest BCUT2D eigenvalue weighted by Crippen LogP contribution is 2.44. The molecule has 13 heteroatoms. The molecule has 1 fully saturated rings. The van der Waals surface area contributed by atoms with Crippen LogP contribution in [0.1, 0.15) is 44.2 Å². The van der Waals surface area contributed by atoms with E-state index in [9.17, 15) is 24.0 Å². The van der Waals surface area contributed by atoms with E-state index in [-0.39, 0.29) is 22.5 Å². The number of carbonyl (C=O) groups excluding carboxylic acids is 4. The fraction of sp³-hybridized carbons (Fsp3) is 0.243. The van der Waals surface area contributed by atoms with Crippen molar-refractivity contribution >= 4 is 37.7 Å². The molecule has 12 nitrogen and oxygen atoms in total. The third kappa shape index (κ3) is 8.41. The lowest BCUT2D eigenvalue weighted by Gasteiger charge is -2.34. The zero-order valence-corrected chi connectivity index (χ0v) is 28.8.